The number of rotatable bonds is 4. The second kappa shape index (κ2) is 6.23. The number of anilines is 1. The van der Waals surface area contributed by atoms with E-state index < -0.39 is 16.1 Å². The Kier molecular flexibility index (Phi) is 4.78. The summed E-state index contributed by atoms with van der Waals surface area (Å²) in [5.74, 6) is 0. The molecule has 0 radical (unpaired) electrons. The molecule has 0 aliphatic carbocycles. The summed E-state index contributed by atoms with van der Waals surface area (Å²) < 4.78 is 27.5. The molecule has 0 spiro atoms. The van der Waals surface area contributed by atoms with Gasteiger partial charge in [-0.15, -0.1) is 0 Å². The van der Waals surface area contributed by atoms with Crippen LogP contribution < -0.4 is 10.5 Å². The molecule has 0 saturated heterocycles. The van der Waals surface area contributed by atoms with Gasteiger partial charge in [0.2, 0.25) is 10.0 Å². The van der Waals surface area contributed by atoms with E-state index >= 15 is 0 Å². The molecule has 21 heavy (non-hydrogen) atoms. The molecule has 2 aromatic rings. The van der Waals surface area contributed by atoms with Gasteiger partial charge in [-0.3, -0.25) is 0 Å². The zero-order valence-corrected chi connectivity index (χ0v) is 13.5. The van der Waals surface area contributed by atoms with Gasteiger partial charge in [-0.2, -0.15) is 0 Å². The zero-order chi connectivity index (χ0) is 15.6. The Bertz CT molecular complexity index is 726. The van der Waals surface area contributed by atoms with E-state index in [4.69, 9.17) is 28.9 Å². The number of sulfonamides is 1. The molecule has 0 amide bonds. The van der Waals surface area contributed by atoms with E-state index in [1.54, 1.807) is 6.92 Å². The monoisotopic (exact) mass is 344 g/mol. The first-order chi connectivity index (χ1) is 9.81. The van der Waals surface area contributed by atoms with Crippen LogP contribution >= 0.6 is 23.2 Å². The van der Waals surface area contributed by atoms with Gasteiger partial charge in [0, 0.05) is 11.1 Å². The number of nitrogens with two attached hydrogens (primary N) is 1. The largest absolute Gasteiger partial charge is 0.398 e. The van der Waals surface area contributed by atoms with Crippen LogP contribution in [0.2, 0.25) is 10.0 Å². The summed E-state index contributed by atoms with van der Waals surface area (Å²) in [4.78, 5) is -0.156. The van der Waals surface area contributed by atoms with Crippen molar-refractivity contribution in [1.82, 2.24) is 4.72 Å². The van der Waals surface area contributed by atoms with Crippen LogP contribution in [0, 0.1) is 0 Å². The topological polar surface area (TPSA) is 72.2 Å². The number of halogens is 2. The van der Waals surface area contributed by atoms with Crippen LogP contribution in [-0.2, 0) is 10.0 Å². The van der Waals surface area contributed by atoms with E-state index in [1.807, 2.05) is 30.3 Å². The Hall–Kier alpha value is -1.27. The van der Waals surface area contributed by atoms with E-state index in [-0.39, 0.29) is 20.6 Å². The molecule has 2 aromatic carbocycles. The third kappa shape index (κ3) is 3.68. The molecule has 2 rings (SSSR count). The van der Waals surface area contributed by atoms with Crippen LogP contribution in [0.4, 0.5) is 5.69 Å². The molecule has 7 heteroatoms. The number of hydrogen-bond acceptors (Lipinski definition) is 3. The van der Waals surface area contributed by atoms with Gasteiger partial charge < -0.3 is 5.73 Å². The Balaban J connectivity index is 2.36. The molecule has 4 nitrogen and oxygen atoms in total. The summed E-state index contributed by atoms with van der Waals surface area (Å²) in [6, 6.07) is 11.5. The van der Waals surface area contributed by atoms with E-state index in [1.165, 1.54) is 12.1 Å². The third-order valence-electron chi connectivity index (χ3n) is 2.94. The molecule has 3 N–H and O–H groups in total. The minimum absolute atomic E-state index is 0.00670. The smallest absolute Gasteiger partial charge is 0.244 e. The zero-order valence-electron chi connectivity index (χ0n) is 11.2. The van der Waals surface area contributed by atoms with Gasteiger partial charge in [0.05, 0.1) is 10.7 Å². The van der Waals surface area contributed by atoms with Crippen molar-refractivity contribution in [2.75, 3.05) is 5.73 Å². The lowest BCUT2D eigenvalue weighted by molar-refractivity contribution is 0.567. The Morgan fingerprint density at radius 3 is 2.33 bits per heavy atom. The summed E-state index contributed by atoms with van der Waals surface area (Å²) in [6.45, 7) is 1.74. The highest BCUT2D eigenvalue weighted by Gasteiger charge is 2.24. The van der Waals surface area contributed by atoms with Crippen molar-refractivity contribution in [3.63, 3.8) is 0 Å². The summed E-state index contributed by atoms with van der Waals surface area (Å²) in [6.07, 6.45) is 0. The maximum absolute atomic E-state index is 12.5. The summed E-state index contributed by atoms with van der Waals surface area (Å²) in [5.41, 5.74) is 6.59. The quantitative estimate of drug-likeness (QED) is 0.832. The van der Waals surface area contributed by atoms with Crippen LogP contribution in [0.3, 0.4) is 0 Å². The SMILES string of the molecule is C[C@@H](NS(=O)(=O)c1c(N)cc(Cl)cc1Cl)c1ccccc1. The van der Waals surface area contributed by atoms with Gasteiger partial charge in [0.1, 0.15) is 4.90 Å². The van der Waals surface area contributed by atoms with Crippen molar-refractivity contribution in [3.8, 4) is 0 Å². The van der Waals surface area contributed by atoms with Gasteiger partial charge in [-0.1, -0.05) is 53.5 Å². The molecule has 0 saturated carbocycles. The molecule has 0 aliphatic heterocycles. The summed E-state index contributed by atoms with van der Waals surface area (Å²) in [7, 11) is -3.85. The maximum Gasteiger partial charge on any atom is 0.244 e. The van der Waals surface area contributed by atoms with E-state index in [2.05, 4.69) is 4.72 Å². The fraction of sp³-hybridized carbons (Fsp3) is 0.143. The Labute approximate surface area is 133 Å². The van der Waals surface area contributed by atoms with Gasteiger partial charge in [-0.25, -0.2) is 13.1 Å². The molecule has 0 unspecified atom stereocenters. The average molecular weight is 345 g/mol. The first kappa shape index (κ1) is 16.1. The van der Waals surface area contributed by atoms with Crippen LogP contribution in [-0.4, -0.2) is 8.42 Å². The number of benzene rings is 2. The molecule has 1 atom stereocenters. The number of nitrogens with one attached hydrogen (secondary N) is 1. The lowest BCUT2D eigenvalue weighted by Crippen LogP contribution is -2.27. The van der Waals surface area contributed by atoms with Gasteiger partial charge in [0.15, 0.2) is 0 Å². The first-order valence-electron chi connectivity index (χ1n) is 6.13. The first-order valence-corrected chi connectivity index (χ1v) is 8.37. The van der Waals surface area contributed by atoms with Gasteiger partial charge in [-0.05, 0) is 24.6 Å². The van der Waals surface area contributed by atoms with E-state index in [9.17, 15) is 8.42 Å². The number of nitrogen functional groups attached to an aromatic ring is 1. The highest BCUT2D eigenvalue weighted by molar-refractivity contribution is 7.89. The van der Waals surface area contributed by atoms with Crippen LogP contribution in [0.5, 0.6) is 0 Å². The van der Waals surface area contributed by atoms with Crippen LogP contribution in [0.25, 0.3) is 0 Å². The minimum atomic E-state index is -3.85. The summed E-state index contributed by atoms with van der Waals surface area (Å²) >= 11 is 11.8. The second-order valence-electron chi connectivity index (χ2n) is 4.56. The highest BCUT2D eigenvalue weighted by atomic mass is 35.5. The van der Waals surface area contributed by atoms with Crippen molar-refractivity contribution in [3.05, 3.63) is 58.1 Å². The Morgan fingerprint density at radius 1 is 1.14 bits per heavy atom. The molecule has 0 fully saturated rings. The van der Waals surface area contributed by atoms with Crippen molar-refractivity contribution in [2.45, 2.75) is 17.9 Å². The molecule has 0 aliphatic rings. The predicted octanol–water partition coefficient (Wildman–Crippen LogP) is 3.62. The molecular formula is C14H14Cl2N2O2S. The minimum Gasteiger partial charge on any atom is -0.398 e. The average Bonchev–Trinajstić information content (AvgIpc) is 2.37. The predicted molar refractivity (Wildman–Crippen MR) is 86.1 cm³/mol. The third-order valence-corrected chi connectivity index (χ3v) is 5.22. The Morgan fingerprint density at radius 2 is 1.76 bits per heavy atom. The van der Waals surface area contributed by atoms with Crippen LogP contribution in [0.1, 0.15) is 18.5 Å². The normalized spacial score (nSPS) is 13.1. The van der Waals surface area contributed by atoms with Crippen LogP contribution in [0.15, 0.2) is 47.4 Å². The summed E-state index contributed by atoms with van der Waals surface area (Å²) in [5, 5.41) is 0.278. The second-order valence-corrected chi connectivity index (χ2v) is 7.05. The molecule has 0 bridgehead atoms. The van der Waals surface area contributed by atoms with Crippen molar-refractivity contribution < 1.29 is 8.42 Å². The fourth-order valence-electron chi connectivity index (χ4n) is 1.97. The maximum atomic E-state index is 12.5. The van der Waals surface area contributed by atoms with Gasteiger partial charge >= 0.3 is 0 Å². The highest BCUT2D eigenvalue weighted by Crippen LogP contribution is 2.31. The molecular weight excluding hydrogens is 331 g/mol. The lowest BCUT2D eigenvalue weighted by Gasteiger charge is -2.16. The molecule has 0 heterocycles. The van der Waals surface area contributed by atoms with Gasteiger partial charge in [0.25, 0.3) is 0 Å². The van der Waals surface area contributed by atoms with Crippen molar-refractivity contribution in [1.29, 1.82) is 0 Å². The van der Waals surface area contributed by atoms with E-state index in [0.717, 1.165) is 5.56 Å². The lowest BCUT2D eigenvalue weighted by atomic mass is 10.1. The standard InChI is InChI=1S/C14H14Cl2N2O2S/c1-9(10-5-3-2-4-6-10)18-21(19,20)14-12(16)7-11(15)8-13(14)17/h2-9,18H,17H2,1H3/t9-/m1/s1. The number of hydrogen-bond donors (Lipinski definition) is 2. The molecule has 112 valence electrons. The fourth-order valence-corrected chi connectivity index (χ4v) is 4.18. The van der Waals surface area contributed by atoms with E-state index in [0.29, 0.717) is 0 Å². The van der Waals surface area contributed by atoms with Crippen molar-refractivity contribution >= 4 is 38.9 Å². The van der Waals surface area contributed by atoms with Crippen molar-refractivity contribution in [2.24, 2.45) is 0 Å². The molecule has 0 aromatic heterocycles.